The first-order chi connectivity index (χ1) is 7.61. The Bertz CT molecular complexity index is 543. The molecule has 0 radical (unpaired) electrons. The van der Waals surface area contributed by atoms with Gasteiger partial charge in [-0.05, 0) is 18.6 Å². The molecule has 0 unspecified atom stereocenters. The predicted octanol–water partition coefficient (Wildman–Crippen LogP) is 4.03. The first kappa shape index (κ1) is 11.6. The molecular weight excluding hydrogens is 250 g/mol. The van der Waals surface area contributed by atoms with Crippen molar-refractivity contribution in [2.45, 2.75) is 19.8 Å². The molecule has 0 N–H and O–H groups in total. The van der Waals surface area contributed by atoms with Crippen molar-refractivity contribution >= 4 is 34.1 Å². The van der Waals surface area contributed by atoms with Gasteiger partial charge in [-0.25, -0.2) is 14.4 Å². The summed E-state index contributed by atoms with van der Waals surface area (Å²) in [6.07, 6.45) is 1.64. The van der Waals surface area contributed by atoms with E-state index in [4.69, 9.17) is 23.2 Å². The van der Waals surface area contributed by atoms with Gasteiger partial charge in [-0.1, -0.05) is 30.1 Å². The van der Waals surface area contributed by atoms with E-state index in [0.717, 1.165) is 12.8 Å². The van der Waals surface area contributed by atoms with Crippen LogP contribution in [-0.2, 0) is 6.42 Å². The molecule has 1 aromatic carbocycles. The highest BCUT2D eigenvalue weighted by atomic mass is 35.5. The Morgan fingerprint density at radius 3 is 2.69 bits per heavy atom. The third kappa shape index (κ3) is 2.11. The molecule has 1 aromatic heterocycles. The predicted molar refractivity (Wildman–Crippen MR) is 63.5 cm³/mol. The molecule has 0 saturated carbocycles. The molecule has 0 spiro atoms. The number of hydrogen-bond acceptors (Lipinski definition) is 2. The van der Waals surface area contributed by atoms with E-state index in [2.05, 4.69) is 9.97 Å². The van der Waals surface area contributed by atoms with E-state index in [9.17, 15) is 4.39 Å². The van der Waals surface area contributed by atoms with Gasteiger partial charge < -0.3 is 0 Å². The number of aromatic nitrogens is 2. The van der Waals surface area contributed by atoms with Gasteiger partial charge in [-0.2, -0.15) is 0 Å². The maximum Gasteiger partial charge on any atom is 0.140 e. The molecule has 16 heavy (non-hydrogen) atoms. The average Bonchev–Trinajstić information content (AvgIpc) is 2.20. The SMILES string of the molecule is CCCc1nc(Cl)c2cc(F)cc(Cl)c2n1. The Labute approximate surface area is 102 Å². The van der Waals surface area contributed by atoms with Crippen molar-refractivity contribution in [1.82, 2.24) is 9.97 Å². The van der Waals surface area contributed by atoms with Crippen LogP contribution in [0, 0.1) is 5.82 Å². The summed E-state index contributed by atoms with van der Waals surface area (Å²) in [6.45, 7) is 2.02. The first-order valence-corrected chi connectivity index (χ1v) is 5.68. The highest BCUT2D eigenvalue weighted by Crippen LogP contribution is 2.27. The molecule has 0 atom stereocenters. The highest BCUT2D eigenvalue weighted by molar-refractivity contribution is 6.38. The van der Waals surface area contributed by atoms with E-state index in [1.54, 1.807) is 0 Å². The summed E-state index contributed by atoms with van der Waals surface area (Å²) < 4.78 is 13.1. The van der Waals surface area contributed by atoms with Crippen molar-refractivity contribution in [1.29, 1.82) is 0 Å². The minimum atomic E-state index is -0.439. The van der Waals surface area contributed by atoms with E-state index in [1.165, 1.54) is 12.1 Å². The van der Waals surface area contributed by atoms with Crippen molar-refractivity contribution < 1.29 is 4.39 Å². The third-order valence-electron chi connectivity index (χ3n) is 2.19. The Morgan fingerprint density at radius 1 is 1.25 bits per heavy atom. The summed E-state index contributed by atoms with van der Waals surface area (Å²) in [4.78, 5) is 8.37. The van der Waals surface area contributed by atoms with Gasteiger partial charge in [0.2, 0.25) is 0 Å². The van der Waals surface area contributed by atoms with Crippen LogP contribution in [0.4, 0.5) is 4.39 Å². The molecule has 0 aliphatic rings. The first-order valence-electron chi connectivity index (χ1n) is 4.93. The van der Waals surface area contributed by atoms with Gasteiger partial charge in [0.1, 0.15) is 16.8 Å². The summed E-state index contributed by atoms with van der Waals surface area (Å²) in [5, 5.41) is 0.957. The lowest BCUT2D eigenvalue weighted by Crippen LogP contribution is -1.97. The molecule has 0 saturated heterocycles. The molecule has 2 aromatic rings. The van der Waals surface area contributed by atoms with Gasteiger partial charge in [0.25, 0.3) is 0 Å². The van der Waals surface area contributed by atoms with Gasteiger partial charge >= 0.3 is 0 Å². The molecule has 0 amide bonds. The van der Waals surface area contributed by atoms with Crippen LogP contribution in [0.2, 0.25) is 10.2 Å². The van der Waals surface area contributed by atoms with Crippen LogP contribution in [0.5, 0.6) is 0 Å². The minimum absolute atomic E-state index is 0.245. The summed E-state index contributed by atoms with van der Waals surface area (Å²) >= 11 is 11.9. The average molecular weight is 259 g/mol. The van der Waals surface area contributed by atoms with Gasteiger partial charge in [-0.3, -0.25) is 0 Å². The van der Waals surface area contributed by atoms with Crippen LogP contribution in [0.25, 0.3) is 10.9 Å². The zero-order valence-corrected chi connectivity index (χ0v) is 10.1. The molecule has 2 nitrogen and oxygen atoms in total. The minimum Gasteiger partial charge on any atom is -0.231 e. The third-order valence-corrected chi connectivity index (χ3v) is 2.77. The van der Waals surface area contributed by atoms with E-state index in [1.807, 2.05) is 6.92 Å². The topological polar surface area (TPSA) is 25.8 Å². The molecular formula is C11H9Cl2FN2. The molecule has 2 rings (SSSR count). The molecule has 84 valence electrons. The van der Waals surface area contributed by atoms with Crippen molar-refractivity contribution in [3.8, 4) is 0 Å². The fraction of sp³-hybridized carbons (Fsp3) is 0.273. The number of hydrogen-bond donors (Lipinski definition) is 0. The van der Waals surface area contributed by atoms with Crippen molar-refractivity contribution in [2.75, 3.05) is 0 Å². The summed E-state index contributed by atoms with van der Waals surface area (Å²) in [5.74, 6) is 0.194. The number of rotatable bonds is 2. The second-order valence-corrected chi connectivity index (χ2v) is 4.23. The van der Waals surface area contributed by atoms with E-state index in [-0.39, 0.29) is 10.2 Å². The molecule has 0 aliphatic carbocycles. The maximum atomic E-state index is 13.1. The van der Waals surface area contributed by atoms with E-state index in [0.29, 0.717) is 16.7 Å². The number of nitrogens with zero attached hydrogens (tertiary/aromatic N) is 2. The van der Waals surface area contributed by atoms with Crippen LogP contribution < -0.4 is 0 Å². The Morgan fingerprint density at radius 2 is 2.00 bits per heavy atom. The Kier molecular flexibility index (Phi) is 3.26. The van der Waals surface area contributed by atoms with E-state index >= 15 is 0 Å². The number of benzene rings is 1. The Balaban J connectivity index is 2.71. The second-order valence-electron chi connectivity index (χ2n) is 3.46. The summed E-state index contributed by atoms with van der Waals surface area (Å²) in [6, 6.07) is 2.52. The Hall–Kier alpha value is -0.930. The fourth-order valence-electron chi connectivity index (χ4n) is 1.50. The standard InChI is InChI=1S/C11H9Cl2FN2/c1-2-3-9-15-10-7(11(13)16-9)4-6(14)5-8(10)12/h4-5H,2-3H2,1H3. The van der Waals surface area contributed by atoms with E-state index < -0.39 is 5.82 Å². The normalized spacial score (nSPS) is 11.0. The van der Waals surface area contributed by atoms with Gasteiger partial charge in [0.05, 0.1) is 10.5 Å². The lowest BCUT2D eigenvalue weighted by molar-refractivity contribution is 0.629. The number of fused-ring (bicyclic) bond motifs is 1. The zero-order valence-electron chi connectivity index (χ0n) is 8.60. The summed E-state index contributed by atoms with van der Waals surface area (Å²) in [7, 11) is 0. The smallest absolute Gasteiger partial charge is 0.140 e. The van der Waals surface area contributed by atoms with Gasteiger partial charge in [0, 0.05) is 11.8 Å². The fourth-order valence-corrected chi connectivity index (χ4v) is 1.99. The van der Waals surface area contributed by atoms with Gasteiger partial charge in [0.15, 0.2) is 0 Å². The summed E-state index contributed by atoms with van der Waals surface area (Å²) in [5.41, 5.74) is 0.506. The monoisotopic (exact) mass is 258 g/mol. The molecule has 5 heteroatoms. The van der Waals surface area contributed by atoms with Crippen LogP contribution in [0.3, 0.4) is 0 Å². The lowest BCUT2D eigenvalue weighted by atomic mass is 10.2. The van der Waals surface area contributed by atoms with Crippen LogP contribution >= 0.6 is 23.2 Å². The molecule has 1 heterocycles. The largest absolute Gasteiger partial charge is 0.231 e. The highest BCUT2D eigenvalue weighted by Gasteiger charge is 2.10. The van der Waals surface area contributed by atoms with Crippen molar-refractivity contribution in [3.05, 3.63) is 34.0 Å². The number of halogens is 3. The number of aryl methyl sites for hydroxylation is 1. The van der Waals surface area contributed by atoms with Crippen LogP contribution in [-0.4, -0.2) is 9.97 Å². The van der Waals surface area contributed by atoms with Gasteiger partial charge in [-0.15, -0.1) is 0 Å². The van der Waals surface area contributed by atoms with Crippen molar-refractivity contribution in [3.63, 3.8) is 0 Å². The maximum absolute atomic E-state index is 13.1. The van der Waals surface area contributed by atoms with Crippen molar-refractivity contribution in [2.24, 2.45) is 0 Å². The lowest BCUT2D eigenvalue weighted by Gasteiger charge is -2.05. The zero-order chi connectivity index (χ0) is 11.7. The quantitative estimate of drug-likeness (QED) is 0.761. The molecule has 0 aliphatic heterocycles. The molecule has 0 fully saturated rings. The van der Waals surface area contributed by atoms with Crippen LogP contribution in [0.1, 0.15) is 19.2 Å². The molecule has 0 bridgehead atoms. The second kappa shape index (κ2) is 4.52. The van der Waals surface area contributed by atoms with Crippen LogP contribution in [0.15, 0.2) is 12.1 Å².